The summed E-state index contributed by atoms with van der Waals surface area (Å²) in [6, 6.07) is 21.7. The van der Waals surface area contributed by atoms with Gasteiger partial charge < -0.3 is 4.42 Å². The zero-order chi connectivity index (χ0) is 21.5. The molecule has 5 aromatic rings. The van der Waals surface area contributed by atoms with Crippen molar-refractivity contribution in [1.82, 2.24) is 4.98 Å². The summed E-state index contributed by atoms with van der Waals surface area (Å²) in [6.07, 6.45) is 5.02. The first kappa shape index (κ1) is 19.5. The minimum atomic E-state index is 0.662. The van der Waals surface area contributed by atoms with Crippen LogP contribution in [0.25, 0.3) is 44.5 Å². The van der Waals surface area contributed by atoms with E-state index >= 15 is 0 Å². The molecule has 2 aromatic carbocycles. The van der Waals surface area contributed by atoms with Crippen molar-refractivity contribution in [3.05, 3.63) is 84.2 Å². The van der Waals surface area contributed by atoms with Crippen molar-refractivity contribution in [3.8, 4) is 22.4 Å². The minimum Gasteiger partial charge on any atom is -0.437 e. The van der Waals surface area contributed by atoms with E-state index in [2.05, 4.69) is 98.2 Å². The molecular weight excluding hydrogens is 380 g/mol. The van der Waals surface area contributed by atoms with Crippen molar-refractivity contribution in [3.63, 3.8) is 0 Å². The highest BCUT2D eigenvalue weighted by atomic mass is 16.3. The van der Waals surface area contributed by atoms with Gasteiger partial charge in [-0.3, -0.25) is 0 Å². The lowest BCUT2D eigenvalue weighted by molar-refractivity contribution is -0.660. The summed E-state index contributed by atoms with van der Waals surface area (Å²) < 4.78 is 8.41. The highest BCUT2D eigenvalue weighted by molar-refractivity contribution is 6.08. The Hall–Kier alpha value is -3.46. The Balaban J connectivity index is 1.66. The van der Waals surface area contributed by atoms with Crippen LogP contribution in [0.2, 0.25) is 0 Å². The number of fused-ring (bicyclic) bond motifs is 3. The van der Waals surface area contributed by atoms with Crippen LogP contribution < -0.4 is 4.57 Å². The molecule has 0 N–H and O–H groups in total. The van der Waals surface area contributed by atoms with Crippen molar-refractivity contribution >= 4 is 22.1 Å². The lowest BCUT2D eigenvalue weighted by atomic mass is 9.96. The maximum atomic E-state index is 6.25. The number of furan rings is 1. The van der Waals surface area contributed by atoms with Crippen LogP contribution in [0, 0.1) is 12.8 Å². The van der Waals surface area contributed by atoms with Gasteiger partial charge in [-0.1, -0.05) is 50.2 Å². The summed E-state index contributed by atoms with van der Waals surface area (Å²) in [5.74, 6) is 0.662. The third-order valence-corrected chi connectivity index (χ3v) is 5.96. The Morgan fingerprint density at radius 2 is 1.74 bits per heavy atom. The fourth-order valence-corrected chi connectivity index (χ4v) is 4.39. The van der Waals surface area contributed by atoms with Gasteiger partial charge in [-0.2, -0.15) is 0 Å². The fraction of sp³-hybridized carbons (Fsp3) is 0.214. The number of rotatable bonds is 4. The highest BCUT2D eigenvalue weighted by Gasteiger charge is 2.21. The van der Waals surface area contributed by atoms with Gasteiger partial charge in [0.05, 0.1) is 5.56 Å². The average Bonchev–Trinajstić information content (AvgIpc) is 3.13. The molecule has 3 aromatic heterocycles. The average molecular weight is 408 g/mol. The van der Waals surface area contributed by atoms with Gasteiger partial charge in [0.2, 0.25) is 11.4 Å². The first-order valence-electron chi connectivity index (χ1n) is 10.9. The monoisotopic (exact) mass is 407 g/mol. The topological polar surface area (TPSA) is 29.9 Å². The van der Waals surface area contributed by atoms with Gasteiger partial charge in [0, 0.05) is 29.1 Å². The molecule has 3 heterocycles. The van der Waals surface area contributed by atoms with Crippen molar-refractivity contribution in [2.75, 3.05) is 0 Å². The first-order valence-corrected chi connectivity index (χ1v) is 10.9. The molecule has 0 bridgehead atoms. The summed E-state index contributed by atoms with van der Waals surface area (Å²) in [5, 5.41) is 2.16. The quantitative estimate of drug-likeness (QED) is 0.312. The number of pyridine rings is 2. The maximum absolute atomic E-state index is 6.25. The van der Waals surface area contributed by atoms with E-state index in [1.807, 2.05) is 6.07 Å². The summed E-state index contributed by atoms with van der Waals surface area (Å²) in [7, 11) is 2.09. The molecule has 0 atom stereocenters. The number of nitrogens with zero attached hydrogens (tertiary/aromatic N) is 2. The van der Waals surface area contributed by atoms with Crippen LogP contribution in [0.15, 0.2) is 77.5 Å². The van der Waals surface area contributed by atoms with Crippen molar-refractivity contribution in [1.29, 1.82) is 0 Å². The molecule has 0 unspecified atom stereocenters. The number of aromatic nitrogens is 2. The molecule has 0 aliphatic rings. The molecule has 0 spiro atoms. The molecular formula is C28H27N2O+. The standard InChI is InChI=1S/C28H27N2O/c1-18(2)16-20-8-10-21(11-9-20)22-13-15-30(4)25(17-22)26-19(3)7-12-23-24-6-5-14-29-28(24)31-27(23)26/h5-15,17-18H,16H2,1-4H3/q+1. The molecule has 0 aliphatic carbocycles. The smallest absolute Gasteiger partial charge is 0.227 e. The number of hydrogen-bond donors (Lipinski definition) is 0. The Morgan fingerprint density at radius 3 is 2.52 bits per heavy atom. The zero-order valence-corrected chi connectivity index (χ0v) is 18.5. The number of aryl methyl sites for hydroxylation is 2. The predicted octanol–water partition coefficient (Wildman–Crippen LogP) is 6.65. The van der Waals surface area contributed by atoms with E-state index in [4.69, 9.17) is 4.42 Å². The fourth-order valence-electron chi connectivity index (χ4n) is 4.39. The minimum absolute atomic E-state index is 0.662. The molecule has 31 heavy (non-hydrogen) atoms. The highest BCUT2D eigenvalue weighted by Crippen LogP contribution is 2.37. The van der Waals surface area contributed by atoms with Crippen LogP contribution in [0.1, 0.15) is 25.0 Å². The normalized spacial score (nSPS) is 11.6. The van der Waals surface area contributed by atoms with E-state index in [1.54, 1.807) is 6.20 Å². The van der Waals surface area contributed by atoms with Crippen LogP contribution >= 0.6 is 0 Å². The molecule has 0 aliphatic heterocycles. The van der Waals surface area contributed by atoms with Gasteiger partial charge >= 0.3 is 0 Å². The maximum Gasteiger partial charge on any atom is 0.227 e. The third kappa shape index (κ3) is 3.50. The van der Waals surface area contributed by atoms with E-state index in [0.29, 0.717) is 11.6 Å². The zero-order valence-electron chi connectivity index (χ0n) is 18.5. The Bertz CT molecular complexity index is 1390. The Morgan fingerprint density at radius 1 is 0.935 bits per heavy atom. The second kappa shape index (κ2) is 7.66. The van der Waals surface area contributed by atoms with Crippen LogP contribution in [-0.2, 0) is 13.5 Å². The van der Waals surface area contributed by atoms with Gasteiger partial charge in [-0.25, -0.2) is 9.55 Å². The molecule has 0 radical (unpaired) electrons. The van der Waals surface area contributed by atoms with Gasteiger partial charge in [-0.15, -0.1) is 0 Å². The van der Waals surface area contributed by atoms with E-state index in [0.717, 1.165) is 34.0 Å². The summed E-state index contributed by atoms with van der Waals surface area (Å²) >= 11 is 0. The van der Waals surface area contributed by atoms with Crippen molar-refractivity contribution in [2.24, 2.45) is 13.0 Å². The van der Waals surface area contributed by atoms with Gasteiger partial charge in [0.1, 0.15) is 7.05 Å². The van der Waals surface area contributed by atoms with E-state index in [-0.39, 0.29) is 0 Å². The van der Waals surface area contributed by atoms with Crippen LogP contribution in [0.5, 0.6) is 0 Å². The van der Waals surface area contributed by atoms with Crippen molar-refractivity contribution < 1.29 is 8.98 Å². The second-order valence-corrected chi connectivity index (χ2v) is 8.80. The summed E-state index contributed by atoms with van der Waals surface area (Å²) in [6.45, 7) is 6.66. The molecule has 0 fully saturated rings. The summed E-state index contributed by atoms with van der Waals surface area (Å²) in [4.78, 5) is 4.43. The lowest BCUT2D eigenvalue weighted by Crippen LogP contribution is -2.30. The SMILES string of the molecule is Cc1ccc2c(oc3ncccc32)c1-c1cc(-c2ccc(CC(C)C)cc2)cc[n+]1C. The Labute approximate surface area is 183 Å². The molecule has 0 amide bonds. The molecule has 0 saturated heterocycles. The largest absolute Gasteiger partial charge is 0.437 e. The van der Waals surface area contributed by atoms with E-state index in [9.17, 15) is 0 Å². The molecule has 3 heteroatoms. The lowest BCUT2D eigenvalue weighted by Gasteiger charge is -2.09. The van der Waals surface area contributed by atoms with Crippen LogP contribution in [0.3, 0.4) is 0 Å². The second-order valence-electron chi connectivity index (χ2n) is 8.80. The van der Waals surface area contributed by atoms with E-state index < -0.39 is 0 Å². The number of hydrogen-bond acceptors (Lipinski definition) is 2. The Kier molecular flexibility index (Phi) is 4.82. The number of benzene rings is 2. The van der Waals surface area contributed by atoms with E-state index in [1.165, 1.54) is 22.3 Å². The van der Waals surface area contributed by atoms with Gasteiger partial charge in [0.15, 0.2) is 11.8 Å². The van der Waals surface area contributed by atoms with Gasteiger partial charge in [-0.05, 0) is 53.6 Å². The van der Waals surface area contributed by atoms with Gasteiger partial charge in [0.25, 0.3) is 0 Å². The third-order valence-electron chi connectivity index (χ3n) is 5.96. The molecule has 0 saturated carbocycles. The van der Waals surface area contributed by atoms with Crippen LogP contribution in [0.4, 0.5) is 0 Å². The summed E-state index contributed by atoms with van der Waals surface area (Å²) in [5.41, 5.74) is 8.84. The predicted molar refractivity (Wildman–Crippen MR) is 127 cm³/mol. The molecule has 3 nitrogen and oxygen atoms in total. The van der Waals surface area contributed by atoms with Crippen LogP contribution in [-0.4, -0.2) is 4.98 Å². The van der Waals surface area contributed by atoms with Crippen molar-refractivity contribution in [2.45, 2.75) is 27.2 Å². The molecule has 5 rings (SSSR count). The first-order chi connectivity index (χ1) is 15.0. The molecule has 154 valence electrons.